The van der Waals surface area contributed by atoms with Crippen molar-refractivity contribution in [2.75, 3.05) is 13.1 Å². The zero-order valence-electron chi connectivity index (χ0n) is 11.5. The molecule has 1 saturated heterocycles. The van der Waals surface area contributed by atoms with Crippen molar-refractivity contribution in [3.05, 3.63) is 0 Å². The van der Waals surface area contributed by atoms with E-state index in [1.807, 2.05) is 32.6 Å². The van der Waals surface area contributed by atoms with Gasteiger partial charge in [-0.2, -0.15) is 0 Å². The molecule has 0 aromatic carbocycles. The van der Waals surface area contributed by atoms with Crippen LogP contribution in [0.3, 0.4) is 0 Å². The van der Waals surface area contributed by atoms with E-state index in [1.54, 1.807) is 0 Å². The number of ether oxygens (including phenoxy) is 1. The highest BCUT2D eigenvalue weighted by atomic mass is 16.6. The van der Waals surface area contributed by atoms with Gasteiger partial charge in [0.15, 0.2) is 0 Å². The number of carbonyl (C=O) groups is 1. The van der Waals surface area contributed by atoms with Gasteiger partial charge in [-0.05, 0) is 52.9 Å². The summed E-state index contributed by atoms with van der Waals surface area (Å²) >= 11 is 0. The topological polar surface area (TPSA) is 55.6 Å². The molecule has 0 spiro atoms. The maximum atomic E-state index is 11.9. The van der Waals surface area contributed by atoms with Gasteiger partial charge in [-0.15, -0.1) is 0 Å². The lowest BCUT2D eigenvalue weighted by molar-refractivity contribution is 0.0159. The number of carbonyl (C=O) groups excluding carboxylic acids is 1. The van der Waals surface area contributed by atoms with E-state index in [2.05, 4.69) is 0 Å². The van der Waals surface area contributed by atoms with Crippen LogP contribution in [0.5, 0.6) is 0 Å². The summed E-state index contributed by atoms with van der Waals surface area (Å²) in [5.74, 6) is 0.524. The predicted molar refractivity (Wildman–Crippen MR) is 68.8 cm³/mol. The minimum Gasteiger partial charge on any atom is -0.444 e. The van der Waals surface area contributed by atoms with Crippen LogP contribution in [0.15, 0.2) is 0 Å². The van der Waals surface area contributed by atoms with E-state index in [0.717, 1.165) is 25.9 Å². The van der Waals surface area contributed by atoms with Crippen molar-refractivity contribution in [3.63, 3.8) is 0 Å². The van der Waals surface area contributed by atoms with Gasteiger partial charge in [-0.1, -0.05) is 0 Å². The maximum absolute atomic E-state index is 11.9. The summed E-state index contributed by atoms with van der Waals surface area (Å²) in [5.41, 5.74) is 5.40. The minimum absolute atomic E-state index is 0.188. The fraction of sp³-hybridized carbons (Fsp3) is 0.923. The Morgan fingerprint density at radius 1 is 1.53 bits per heavy atom. The molecule has 1 amide bonds. The Kier molecular flexibility index (Phi) is 4.80. The molecule has 1 heterocycles. The molecule has 100 valence electrons. The summed E-state index contributed by atoms with van der Waals surface area (Å²) < 4.78 is 5.39. The number of hydrogen-bond acceptors (Lipinski definition) is 3. The Bertz CT molecular complexity index is 259. The Morgan fingerprint density at radius 2 is 2.18 bits per heavy atom. The quantitative estimate of drug-likeness (QED) is 0.808. The average molecular weight is 242 g/mol. The summed E-state index contributed by atoms with van der Waals surface area (Å²) in [6.07, 6.45) is 3.02. The molecule has 17 heavy (non-hydrogen) atoms. The van der Waals surface area contributed by atoms with Crippen LogP contribution < -0.4 is 5.73 Å². The fourth-order valence-electron chi connectivity index (χ4n) is 2.28. The van der Waals surface area contributed by atoms with Crippen LogP contribution >= 0.6 is 0 Å². The molecular weight excluding hydrogens is 216 g/mol. The van der Waals surface area contributed by atoms with Crippen LogP contribution in [-0.2, 0) is 4.74 Å². The van der Waals surface area contributed by atoms with Gasteiger partial charge in [0, 0.05) is 19.1 Å². The van der Waals surface area contributed by atoms with E-state index in [9.17, 15) is 4.79 Å². The van der Waals surface area contributed by atoms with Crippen molar-refractivity contribution < 1.29 is 9.53 Å². The monoisotopic (exact) mass is 242 g/mol. The number of likely N-dealkylation sites (tertiary alicyclic amines) is 1. The SMILES string of the molecule is C[C@H](N)CC1CCCN(C(=O)OC(C)(C)C)C1. The number of nitrogens with zero attached hydrogens (tertiary/aromatic N) is 1. The lowest BCUT2D eigenvalue weighted by Gasteiger charge is -2.34. The number of piperidine rings is 1. The molecule has 4 heteroatoms. The first-order chi connectivity index (χ1) is 7.78. The first-order valence-electron chi connectivity index (χ1n) is 6.51. The molecule has 2 atom stereocenters. The van der Waals surface area contributed by atoms with Gasteiger partial charge in [-0.3, -0.25) is 0 Å². The lowest BCUT2D eigenvalue weighted by Crippen LogP contribution is -2.43. The van der Waals surface area contributed by atoms with Crippen LogP contribution in [0.4, 0.5) is 4.79 Å². The van der Waals surface area contributed by atoms with E-state index in [-0.39, 0.29) is 12.1 Å². The first kappa shape index (κ1) is 14.3. The van der Waals surface area contributed by atoms with Crippen molar-refractivity contribution in [1.29, 1.82) is 0 Å². The van der Waals surface area contributed by atoms with Gasteiger partial charge in [-0.25, -0.2) is 4.79 Å². The van der Waals surface area contributed by atoms with Gasteiger partial charge in [0.2, 0.25) is 0 Å². The summed E-state index contributed by atoms with van der Waals surface area (Å²) in [7, 11) is 0. The Labute approximate surface area is 104 Å². The molecule has 1 aliphatic heterocycles. The number of nitrogens with two attached hydrogens (primary N) is 1. The third-order valence-electron chi connectivity index (χ3n) is 2.88. The van der Waals surface area contributed by atoms with Crippen LogP contribution in [-0.4, -0.2) is 35.7 Å². The predicted octanol–water partition coefficient (Wildman–Crippen LogP) is 2.37. The molecule has 1 fully saturated rings. The summed E-state index contributed by atoms with van der Waals surface area (Å²) in [6.45, 7) is 9.31. The second-order valence-electron chi connectivity index (χ2n) is 6.15. The molecular formula is C13H26N2O2. The Morgan fingerprint density at radius 3 is 2.71 bits per heavy atom. The van der Waals surface area contributed by atoms with Crippen molar-refractivity contribution in [2.24, 2.45) is 11.7 Å². The Balaban J connectivity index is 2.46. The van der Waals surface area contributed by atoms with E-state index in [1.165, 1.54) is 6.42 Å². The van der Waals surface area contributed by atoms with E-state index >= 15 is 0 Å². The normalized spacial score (nSPS) is 23.4. The molecule has 0 aromatic heterocycles. The molecule has 0 aromatic rings. The van der Waals surface area contributed by atoms with Gasteiger partial charge < -0.3 is 15.4 Å². The van der Waals surface area contributed by atoms with Crippen molar-refractivity contribution in [1.82, 2.24) is 4.90 Å². The average Bonchev–Trinajstić information content (AvgIpc) is 2.14. The third-order valence-corrected chi connectivity index (χ3v) is 2.88. The van der Waals surface area contributed by atoms with Gasteiger partial charge in [0.1, 0.15) is 5.60 Å². The molecule has 0 aliphatic carbocycles. The van der Waals surface area contributed by atoms with Crippen LogP contribution in [0.2, 0.25) is 0 Å². The van der Waals surface area contributed by atoms with Crippen LogP contribution in [0, 0.1) is 5.92 Å². The number of amides is 1. The van der Waals surface area contributed by atoms with Crippen molar-refractivity contribution >= 4 is 6.09 Å². The molecule has 1 rings (SSSR count). The number of rotatable bonds is 2. The first-order valence-corrected chi connectivity index (χ1v) is 6.51. The molecule has 2 N–H and O–H groups in total. The highest BCUT2D eigenvalue weighted by Gasteiger charge is 2.27. The highest BCUT2D eigenvalue weighted by Crippen LogP contribution is 2.22. The number of hydrogen-bond donors (Lipinski definition) is 1. The fourth-order valence-corrected chi connectivity index (χ4v) is 2.28. The van der Waals surface area contributed by atoms with Gasteiger partial charge in [0.25, 0.3) is 0 Å². The molecule has 0 saturated carbocycles. The van der Waals surface area contributed by atoms with E-state index < -0.39 is 5.60 Å². The van der Waals surface area contributed by atoms with Gasteiger partial charge in [0.05, 0.1) is 0 Å². The third kappa shape index (κ3) is 5.39. The van der Waals surface area contributed by atoms with Crippen LogP contribution in [0.1, 0.15) is 47.0 Å². The van der Waals surface area contributed by atoms with Crippen molar-refractivity contribution in [2.45, 2.75) is 58.6 Å². The summed E-state index contributed by atoms with van der Waals surface area (Å²) in [5, 5.41) is 0. The molecule has 0 bridgehead atoms. The zero-order valence-corrected chi connectivity index (χ0v) is 11.5. The second kappa shape index (κ2) is 5.71. The standard InChI is InChI=1S/C13H26N2O2/c1-10(14)8-11-6-5-7-15(9-11)12(16)17-13(2,3)4/h10-11H,5-9,14H2,1-4H3/t10-,11?/m0/s1. The van der Waals surface area contributed by atoms with E-state index in [4.69, 9.17) is 10.5 Å². The molecule has 4 nitrogen and oxygen atoms in total. The molecule has 0 radical (unpaired) electrons. The zero-order chi connectivity index (χ0) is 13.1. The lowest BCUT2D eigenvalue weighted by atomic mass is 9.92. The smallest absolute Gasteiger partial charge is 0.410 e. The summed E-state index contributed by atoms with van der Waals surface area (Å²) in [6, 6.07) is 0.207. The Hall–Kier alpha value is -0.770. The summed E-state index contributed by atoms with van der Waals surface area (Å²) in [4.78, 5) is 13.7. The maximum Gasteiger partial charge on any atom is 0.410 e. The minimum atomic E-state index is -0.412. The largest absolute Gasteiger partial charge is 0.444 e. The van der Waals surface area contributed by atoms with Gasteiger partial charge >= 0.3 is 6.09 Å². The van der Waals surface area contributed by atoms with Crippen LogP contribution in [0.25, 0.3) is 0 Å². The molecule has 1 unspecified atom stereocenters. The second-order valence-corrected chi connectivity index (χ2v) is 6.15. The highest BCUT2D eigenvalue weighted by molar-refractivity contribution is 5.68. The molecule has 1 aliphatic rings. The van der Waals surface area contributed by atoms with Crippen molar-refractivity contribution in [3.8, 4) is 0 Å². The van der Waals surface area contributed by atoms with E-state index in [0.29, 0.717) is 5.92 Å².